The molecule has 1 aromatic carbocycles. The Labute approximate surface area is 124 Å². The molecule has 1 unspecified atom stereocenters. The number of thiophene rings is 1. The molecule has 0 saturated carbocycles. The van der Waals surface area contributed by atoms with Crippen molar-refractivity contribution in [1.29, 1.82) is 0 Å². The number of rotatable bonds is 3. The summed E-state index contributed by atoms with van der Waals surface area (Å²) in [4.78, 5) is 5.25. The minimum atomic E-state index is -1.29. The van der Waals surface area contributed by atoms with Crippen LogP contribution in [0.5, 0.6) is 0 Å². The Morgan fingerprint density at radius 3 is 2.95 bits per heavy atom. The van der Waals surface area contributed by atoms with Gasteiger partial charge in [-0.2, -0.15) is 0 Å². The standard InChI is InChI=1S/C12H9BrN2O2S2/c13-11-4-2-8(18-11)6-19(16)12-15-9-3-1-7(14)5-10(9)17-12/h1-5H,6,14H2. The van der Waals surface area contributed by atoms with Crippen molar-refractivity contribution in [2.45, 2.75) is 11.0 Å². The smallest absolute Gasteiger partial charge is 0.288 e. The first-order valence-electron chi connectivity index (χ1n) is 5.40. The summed E-state index contributed by atoms with van der Waals surface area (Å²) in [6.07, 6.45) is 0. The van der Waals surface area contributed by atoms with Crippen LogP contribution in [0, 0.1) is 0 Å². The predicted octanol–water partition coefficient (Wildman–Crippen LogP) is 3.54. The lowest BCUT2D eigenvalue weighted by Gasteiger charge is -1.93. The van der Waals surface area contributed by atoms with Gasteiger partial charge in [0.05, 0.1) is 9.54 Å². The number of hydrogen-bond donors (Lipinski definition) is 1. The number of nitrogens with two attached hydrogens (primary N) is 1. The van der Waals surface area contributed by atoms with E-state index in [0.29, 0.717) is 22.5 Å². The zero-order valence-corrected chi connectivity index (χ0v) is 12.8. The lowest BCUT2D eigenvalue weighted by atomic mass is 10.3. The largest absolute Gasteiger partial charge is 0.430 e. The number of halogens is 1. The van der Waals surface area contributed by atoms with E-state index in [9.17, 15) is 4.21 Å². The molecular formula is C12H9BrN2O2S2. The lowest BCUT2D eigenvalue weighted by molar-refractivity contribution is 0.477. The van der Waals surface area contributed by atoms with Crippen LogP contribution in [0.3, 0.4) is 0 Å². The Bertz CT molecular complexity index is 766. The van der Waals surface area contributed by atoms with Crippen molar-refractivity contribution >= 4 is 54.9 Å². The van der Waals surface area contributed by atoms with Gasteiger partial charge in [-0.3, -0.25) is 0 Å². The molecule has 7 heteroatoms. The minimum absolute atomic E-state index is 0.241. The van der Waals surface area contributed by atoms with Crippen molar-refractivity contribution in [1.82, 2.24) is 4.98 Å². The van der Waals surface area contributed by atoms with E-state index in [0.717, 1.165) is 8.66 Å². The number of oxazole rings is 1. The van der Waals surface area contributed by atoms with Gasteiger partial charge in [0.1, 0.15) is 16.3 Å². The topological polar surface area (TPSA) is 69.1 Å². The molecule has 3 rings (SSSR count). The van der Waals surface area contributed by atoms with E-state index in [1.165, 1.54) is 0 Å². The van der Waals surface area contributed by atoms with E-state index >= 15 is 0 Å². The maximum absolute atomic E-state index is 12.2. The molecule has 3 aromatic rings. The van der Waals surface area contributed by atoms with Crippen molar-refractivity contribution in [3.63, 3.8) is 0 Å². The van der Waals surface area contributed by atoms with Gasteiger partial charge in [0.25, 0.3) is 5.22 Å². The Morgan fingerprint density at radius 2 is 2.21 bits per heavy atom. The molecule has 0 bridgehead atoms. The summed E-state index contributed by atoms with van der Waals surface area (Å²) in [7, 11) is -1.29. The van der Waals surface area contributed by atoms with E-state index in [2.05, 4.69) is 20.9 Å². The average Bonchev–Trinajstić information content (AvgIpc) is 2.95. The Kier molecular flexibility index (Phi) is 3.42. The van der Waals surface area contributed by atoms with Gasteiger partial charge < -0.3 is 10.2 Å². The van der Waals surface area contributed by atoms with Gasteiger partial charge in [0.2, 0.25) is 0 Å². The molecular weight excluding hydrogens is 348 g/mol. The van der Waals surface area contributed by atoms with Crippen molar-refractivity contribution in [2.24, 2.45) is 0 Å². The summed E-state index contributed by atoms with van der Waals surface area (Å²) >= 11 is 4.94. The molecule has 0 saturated heterocycles. The number of benzene rings is 1. The minimum Gasteiger partial charge on any atom is -0.430 e. The van der Waals surface area contributed by atoms with Gasteiger partial charge in [-0.25, -0.2) is 9.19 Å². The summed E-state index contributed by atoms with van der Waals surface area (Å²) < 4.78 is 18.7. The highest BCUT2D eigenvalue weighted by atomic mass is 79.9. The third kappa shape index (κ3) is 2.72. The van der Waals surface area contributed by atoms with E-state index in [1.54, 1.807) is 29.5 Å². The van der Waals surface area contributed by atoms with Gasteiger partial charge in [0, 0.05) is 16.6 Å². The van der Waals surface area contributed by atoms with Crippen LogP contribution in [-0.4, -0.2) is 9.19 Å². The number of anilines is 1. The lowest BCUT2D eigenvalue weighted by Crippen LogP contribution is -1.94. The normalized spacial score (nSPS) is 12.9. The second-order valence-corrected chi connectivity index (χ2v) is 7.78. The van der Waals surface area contributed by atoms with Crippen LogP contribution < -0.4 is 5.73 Å². The summed E-state index contributed by atoms with van der Waals surface area (Å²) in [5, 5.41) is 0.241. The number of hydrogen-bond acceptors (Lipinski definition) is 5. The zero-order valence-electron chi connectivity index (χ0n) is 9.63. The van der Waals surface area contributed by atoms with E-state index in [4.69, 9.17) is 10.2 Å². The SMILES string of the molecule is Nc1ccc2nc(S(=O)Cc3ccc(Br)s3)oc2c1. The van der Waals surface area contributed by atoms with Gasteiger partial charge >= 0.3 is 0 Å². The van der Waals surface area contributed by atoms with Crippen LogP contribution in [-0.2, 0) is 16.6 Å². The second kappa shape index (κ2) is 5.07. The van der Waals surface area contributed by atoms with Crippen LogP contribution in [0.4, 0.5) is 5.69 Å². The molecule has 1 atom stereocenters. The molecule has 98 valence electrons. The summed E-state index contributed by atoms with van der Waals surface area (Å²) in [5.41, 5.74) is 7.51. The maximum Gasteiger partial charge on any atom is 0.288 e. The third-order valence-electron chi connectivity index (χ3n) is 2.49. The highest BCUT2D eigenvalue weighted by Crippen LogP contribution is 2.26. The van der Waals surface area contributed by atoms with Gasteiger partial charge in [-0.05, 0) is 40.2 Å². The van der Waals surface area contributed by atoms with Crippen molar-refractivity contribution in [3.8, 4) is 0 Å². The number of fused-ring (bicyclic) bond motifs is 1. The molecule has 0 spiro atoms. The predicted molar refractivity (Wildman–Crippen MR) is 80.6 cm³/mol. The molecule has 0 fully saturated rings. The second-order valence-electron chi connectivity index (χ2n) is 3.90. The third-order valence-corrected chi connectivity index (χ3v) is 5.43. The maximum atomic E-state index is 12.2. The van der Waals surface area contributed by atoms with Gasteiger partial charge in [0.15, 0.2) is 5.58 Å². The summed E-state index contributed by atoms with van der Waals surface area (Å²) in [5.74, 6) is 0.401. The fourth-order valence-electron chi connectivity index (χ4n) is 1.64. The zero-order chi connectivity index (χ0) is 13.4. The van der Waals surface area contributed by atoms with Crippen molar-refractivity contribution in [2.75, 3.05) is 5.73 Å². The van der Waals surface area contributed by atoms with Gasteiger partial charge in [-0.1, -0.05) is 0 Å². The summed E-state index contributed by atoms with van der Waals surface area (Å²) in [6, 6.07) is 9.06. The number of nitrogens with zero attached hydrogens (tertiary/aromatic N) is 1. The molecule has 0 aliphatic heterocycles. The van der Waals surface area contributed by atoms with Crippen LogP contribution in [0.1, 0.15) is 4.88 Å². The molecule has 4 nitrogen and oxygen atoms in total. The average molecular weight is 357 g/mol. The highest BCUT2D eigenvalue weighted by Gasteiger charge is 2.14. The Balaban J connectivity index is 1.89. The first kappa shape index (κ1) is 12.8. The van der Waals surface area contributed by atoms with Crippen LogP contribution in [0.25, 0.3) is 11.1 Å². The first-order chi connectivity index (χ1) is 9.11. The van der Waals surface area contributed by atoms with Crippen LogP contribution >= 0.6 is 27.3 Å². The fourth-order valence-corrected chi connectivity index (χ4v) is 4.33. The molecule has 2 N–H and O–H groups in total. The Hall–Kier alpha value is -1.18. The van der Waals surface area contributed by atoms with E-state index in [1.807, 2.05) is 12.1 Å². The molecule has 2 aromatic heterocycles. The number of aromatic nitrogens is 1. The van der Waals surface area contributed by atoms with Crippen LogP contribution in [0.2, 0.25) is 0 Å². The van der Waals surface area contributed by atoms with Crippen LogP contribution in [0.15, 0.2) is 43.8 Å². The molecule has 0 radical (unpaired) electrons. The number of nitrogen functional groups attached to an aromatic ring is 1. The van der Waals surface area contributed by atoms with Crippen molar-refractivity contribution < 1.29 is 8.63 Å². The summed E-state index contributed by atoms with van der Waals surface area (Å²) in [6.45, 7) is 0. The molecule has 0 aliphatic carbocycles. The quantitative estimate of drug-likeness (QED) is 0.728. The van der Waals surface area contributed by atoms with E-state index in [-0.39, 0.29) is 5.22 Å². The van der Waals surface area contributed by atoms with E-state index < -0.39 is 10.8 Å². The monoisotopic (exact) mass is 356 g/mol. The fraction of sp³-hybridized carbons (Fsp3) is 0.0833. The molecule has 2 heterocycles. The Morgan fingerprint density at radius 1 is 1.37 bits per heavy atom. The molecule has 19 heavy (non-hydrogen) atoms. The first-order valence-corrected chi connectivity index (χ1v) is 8.33. The molecule has 0 amide bonds. The van der Waals surface area contributed by atoms with Gasteiger partial charge in [-0.15, -0.1) is 11.3 Å². The highest BCUT2D eigenvalue weighted by molar-refractivity contribution is 9.11. The molecule has 0 aliphatic rings. The van der Waals surface area contributed by atoms with Crippen molar-refractivity contribution in [3.05, 3.63) is 39.0 Å².